The zero-order chi connectivity index (χ0) is 13.8. The second kappa shape index (κ2) is 6.02. The number of hydrogen-bond acceptors (Lipinski definition) is 3. The first kappa shape index (κ1) is 13.8. The number of thiophene rings is 1. The molecule has 2 aromatic rings. The lowest BCUT2D eigenvalue weighted by molar-refractivity contribution is 0.103. The van der Waals surface area contributed by atoms with E-state index in [1.54, 1.807) is 22.1 Å². The Kier molecular flexibility index (Phi) is 4.37. The summed E-state index contributed by atoms with van der Waals surface area (Å²) in [7, 11) is 1.83. The first-order valence-corrected chi connectivity index (χ1v) is 7.38. The van der Waals surface area contributed by atoms with Gasteiger partial charge in [-0.25, -0.2) is 0 Å². The topological polar surface area (TPSA) is 46.9 Å². The molecule has 4 nitrogen and oxygen atoms in total. The smallest absolute Gasteiger partial charge is 0.266 e. The zero-order valence-corrected chi connectivity index (χ0v) is 12.4. The highest BCUT2D eigenvalue weighted by Crippen LogP contribution is 2.25. The summed E-state index contributed by atoms with van der Waals surface area (Å²) >= 11 is 1.60. The third-order valence-electron chi connectivity index (χ3n) is 2.93. The minimum atomic E-state index is -0.0687. The van der Waals surface area contributed by atoms with Gasteiger partial charge in [-0.1, -0.05) is 20.3 Å². The van der Waals surface area contributed by atoms with Crippen LogP contribution in [-0.4, -0.2) is 15.7 Å². The molecule has 0 aromatic carbocycles. The summed E-state index contributed by atoms with van der Waals surface area (Å²) in [6.07, 6.45) is 4.94. The van der Waals surface area contributed by atoms with E-state index < -0.39 is 0 Å². The number of nitrogens with zero attached hydrogens (tertiary/aromatic N) is 2. The fourth-order valence-corrected chi connectivity index (χ4v) is 3.23. The van der Waals surface area contributed by atoms with Crippen molar-refractivity contribution in [1.29, 1.82) is 0 Å². The second-order valence-electron chi connectivity index (χ2n) is 4.49. The highest BCUT2D eigenvalue weighted by molar-refractivity contribution is 7.14. The molecule has 2 aromatic heterocycles. The second-order valence-corrected chi connectivity index (χ2v) is 5.63. The van der Waals surface area contributed by atoms with E-state index in [1.807, 2.05) is 19.3 Å². The Hall–Kier alpha value is -1.62. The van der Waals surface area contributed by atoms with Crippen molar-refractivity contribution in [2.75, 3.05) is 5.32 Å². The fraction of sp³-hybridized carbons (Fsp3) is 0.429. The quantitative estimate of drug-likeness (QED) is 0.912. The number of carbonyl (C=O) groups excluding carboxylic acids is 1. The van der Waals surface area contributed by atoms with Crippen molar-refractivity contribution in [2.24, 2.45) is 7.05 Å². The Balaban J connectivity index is 2.14. The van der Waals surface area contributed by atoms with Crippen molar-refractivity contribution >= 4 is 23.1 Å². The summed E-state index contributed by atoms with van der Waals surface area (Å²) in [6.45, 7) is 4.29. The summed E-state index contributed by atoms with van der Waals surface area (Å²) in [5, 5.41) is 6.98. The van der Waals surface area contributed by atoms with Gasteiger partial charge in [-0.05, 0) is 24.5 Å². The van der Waals surface area contributed by atoms with E-state index in [2.05, 4.69) is 24.3 Å². The summed E-state index contributed by atoms with van der Waals surface area (Å²) in [5.74, 6) is 0.525. The molecule has 0 atom stereocenters. The largest absolute Gasteiger partial charge is 0.304 e. The van der Waals surface area contributed by atoms with Crippen LogP contribution in [0.2, 0.25) is 0 Å². The third kappa shape index (κ3) is 3.23. The molecule has 0 radical (unpaired) electrons. The van der Waals surface area contributed by atoms with Crippen LogP contribution in [0.5, 0.6) is 0 Å². The predicted octanol–water partition coefficient (Wildman–Crippen LogP) is 3.25. The normalized spacial score (nSPS) is 10.7. The molecule has 5 heteroatoms. The van der Waals surface area contributed by atoms with E-state index in [9.17, 15) is 4.79 Å². The molecule has 0 bridgehead atoms. The van der Waals surface area contributed by atoms with Crippen molar-refractivity contribution < 1.29 is 4.79 Å². The Morgan fingerprint density at radius 3 is 2.84 bits per heavy atom. The Morgan fingerprint density at radius 2 is 2.26 bits per heavy atom. The summed E-state index contributed by atoms with van der Waals surface area (Å²) in [5.41, 5.74) is 1.29. The molecule has 0 saturated carbocycles. The van der Waals surface area contributed by atoms with Gasteiger partial charge in [-0.15, -0.1) is 11.3 Å². The van der Waals surface area contributed by atoms with E-state index in [0.717, 1.165) is 24.1 Å². The average Bonchev–Trinajstić information content (AvgIpc) is 2.96. The lowest BCUT2D eigenvalue weighted by atomic mass is 10.1. The summed E-state index contributed by atoms with van der Waals surface area (Å²) < 4.78 is 1.67. The van der Waals surface area contributed by atoms with Crippen LogP contribution >= 0.6 is 11.3 Å². The molecule has 0 aliphatic carbocycles. The van der Waals surface area contributed by atoms with Gasteiger partial charge in [-0.2, -0.15) is 5.10 Å². The van der Waals surface area contributed by atoms with E-state index >= 15 is 0 Å². The van der Waals surface area contributed by atoms with Crippen molar-refractivity contribution in [1.82, 2.24) is 9.78 Å². The van der Waals surface area contributed by atoms with Gasteiger partial charge in [-0.3, -0.25) is 9.48 Å². The van der Waals surface area contributed by atoms with Crippen molar-refractivity contribution in [2.45, 2.75) is 33.1 Å². The monoisotopic (exact) mass is 277 g/mol. The van der Waals surface area contributed by atoms with Crippen LogP contribution in [0.15, 0.2) is 18.3 Å². The number of hydrogen-bond donors (Lipinski definition) is 1. The number of nitrogens with one attached hydrogen (secondary N) is 1. The maximum Gasteiger partial charge on any atom is 0.266 e. The van der Waals surface area contributed by atoms with Crippen LogP contribution in [0.25, 0.3) is 0 Å². The molecule has 2 rings (SSSR count). The van der Waals surface area contributed by atoms with Crippen LogP contribution in [0.4, 0.5) is 5.82 Å². The lowest BCUT2D eigenvalue weighted by Gasteiger charge is -1.98. The Morgan fingerprint density at radius 1 is 1.47 bits per heavy atom. The summed E-state index contributed by atoms with van der Waals surface area (Å²) in [4.78, 5) is 14.3. The Labute approximate surface area is 117 Å². The van der Waals surface area contributed by atoms with Gasteiger partial charge < -0.3 is 5.32 Å². The highest BCUT2D eigenvalue weighted by atomic mass is 32.1. The van der Waals surface area contributed by atoms with Gasteiger partial charge in [0.15, 0.2) is 5.82 Å². The van der Waals surface area contributed by atoms with Gasteiger partial charge in [0.25, 0.3) is 5.91 Å². The zero-order valence-electron chi connectivity index (χ0n) is 11.6. The van der Waals surface area contributed by atoms with E-state index in [-0.39, 0.29) is 5.91 Å². The molecule has 102 valence electrons. The summed E-state index contributed by atoms with van der Waals surface area (Å²) in [6, 6.07) is 3.80. The van der Waals surface area contributed by atoms with Gasteiger partial charge in [0.2, 0.25) is 0 Å². The first-order valence-electron chi connectivity index (χ1n) is 6.56. The van der Waals surface area contributed by atoms with Crippen LogP contribution < -0.4 is 5.32 Å². The van der Waals surface area contributed by atoms with Crippen LogP contribution in [0.3, 0.4) is 0 Å². The average molecular weight is 277 g/mol. The van der Waals surface area contributed by atoms with Gasteiger partial charge in [0.05, 0.1) is 4.88 Å². The molecule has 0 spiro atoms. The van der Waals surface area contributed by atoms with Crippen molar-refractivity contribution in [3.8, 4) is 0 Å². The molecule has 0 fully saturated rings. The molecular formula is C14H19N3OS. The predicted molar refractivity (Wildman–Crippen MR) is 78.9 cm³/mol. The van der Waals surface area contributed by atoms with Crippen LogP contribution in [-0.2, 0) is 19.9 Å². The van der Waals surface area contributed by atoms with Gasteiger partial charge in [0.1, 0.15) is 0 Å². The molecule has 1 N–H and O–H groups in total. The van der Waals surface area contributed by atoms with Gasteiger partial charge >= 0.3 is 0 Å². The molecule has 0 aliphatic rings. The van der Waals surface area contributed by atoms with E-state index in [0.29, 0.717) is 5.82 Å². The minimum absolute atomic E-state index is 0.0687. The SMILES string of the molecule is CCCc1sc(C(=O)Nc2ccn(C)n2)cc1CC. The van der Waals surface area contributed by atoms with E-state index in [1.165, 1.54) is 10.4 Å². The number of anilines is 1. The van der Waals surface area contributed by atoms with E-state index in [4.69, 9.17) is 0 Å². The van der Waals surface area contributed by atoms with Crippen molar-refractivity contribution in [3.63, 3.8) is 0 Å². The lowest BCUT2D eigenvalue weighted by Crippen LogP contribution is -2.10. The Bertz CT molecular complexity index is 571. The molecule has 19 heavy (non-hydrogen) atoms. The molecular weight excluding hydrogens is 258 g/mol. The highest BCUT2D eigenvalue weighted by Gasteiger charge is 2.14. The fourth-order valence-electron chi connectivity index (χ4n) is 1.98. The number of amides is 1. The maximum atomic E-state index is 12.2. The van der Waals surface area contributed by atoms with Crippen molar-refractivity contribution in [3.05, 3.63) is 33.6 Å². The van der Waals surface area contributed by atoms with Crippen LogP contribution in [0.1, 0.15) is 40.4 Å². The molecule has 1 amide bonds. The molecule has 0 unspecified atom stereocenters. The van der Waals surface area contributed by atoms with Crippen LogP contribution in [0, 0.1) is 0 Å². The minimum Gasteiger partial charge on any atom is -0.304 e. The number of carbonyl (C=O) groups is 1. The third-order valence-corrected chi connectivity index (χ3v) is 4.17. The standard InChI is InChI=1S/C14H19N3OS/c1-4-6-11-10(5-2)9-12(19-11)14(18)15-13-7-8-17(3)16-13/h7-9H,4-6H2,1-3H3,(H,15,16,18). The maximum absolute atomic E-state index is 12.2. The molecule has 0 saturated heterocycles. The van der Waals surface area contributed by atoms with Gasteiger partial charge in [0, 0.05) is 24.2 Å². The number of rotatable bonds is 5. The molecule has 0 aliphatic heterocycles. The number of aromatic nitrogens is 2. The first-order chi connectivity index (χ1) is 9.13. The number of aryl methyl sites for hydroxylation is 3. The molecule has 2 heterocycles.